The maximum Gasteiger partial charge on any atom is 0.242 e. The average Bonchev–Trinajstić information content (AvgIpc) is 2.15. The summed E-state index contributed by atoms with van der Waals surface area (Å²) in [5.74, 6) is 0.207. The molecule has 0 bridgehead atoms. The van der Waals surface area contributed by atoms with E-state index in [4.69, 9.17) is 17.3 Å². The predicted molar refractivity (Wildman–Crippen MR) is 70.5 cm³/mol. The highest BCUT2D eigenvalue weighted by Crippen LogP contribution is 2.22. The van der Waals surface area contributed by atoms with Crippen LogP contribution in [0.4, 0.5) is 5.69 Å². The lowest BCUT2D eigenvalue weighted by Gasteiger charge is -2.18. The largest absolute Gasteiger partial charge is 0.398 e. The van der Waals surface area contributed by atoms with Crippen molar-refractivity contribution in [3.63, 3.8) is 0 Å². The summed E-state index contributed by atoms with van der Waals surface area (Å²) in [6.45, 7) is 5.70. The normalized spacial score (nSPS) is 13.9. The van der Waals surface area contributed by atoms with E-state index in [2.05, 4.69) is 4.72 Å². The van der Waals surface area contributed by atoms with Crippen LogP contribution in [0.3, 0.4) is 0 Å². The molecular formula is C11H17ClN2O2S. The third-order valence-corrected chi connectivity index (χ3v) is 4.47. The van der Waals surface area contributed by atoms with Crippen LogP contribution in [0.25, 0.3) is 0 Å². The molecule has 6 heteroatoms. The zero-order valence-corrected chi connectivity index (χ0v) is 11.6. The first-order chi connectivity index (χ1) is 7.74. The fourth-order valence-electron chi connectivity index (χ4n) is 1.21. The summed E-state index contributed by atoms with van der Waals surface area (Å²) in [5, 5.41) is 0.415. The maximum atomic E-state index is 12.0. The van der Waals surface area contributed by atoms with Crippen LogP contribution in [0.5, 0.6) is 0 Å². The molecule has 3 N–H and O–H groups in total. The highest BCUT2D eigenvalue weighted by Gasteiger charge is 2.21. The van der Waals surface area contributed by atoms with Crippen molar-refractivity contribution in [2.24, 2.45) is 5.92 Å². The molecule has 0 heterocycles. The highest BCUT2D eigenvalue weighted by atomic mass is 35.5. The lowest BCUT2D eigenvalue weighted by atomic mass is 10.1. The molecule has 0 aliphatic carbocycles. The molecule has 1 aromatic rings. The summed E-state index contributed by atoms with van der Waals surface area (Å²) < 4.78 is 26.7. The van der Waals surface area contributed by atoms with E-state index >= 15 is 0 Å². The van der Waals surface area contributed by atoms with Gasteiger partial charge in [0.05, 0.1) is 5.69 Å². The molecule has 0 saturated carbocycles. The van der Waals surface area contributed by atoms with Crippen molar-refractivity contribution >= 4 is 27.3 Å². The van der Waals surface area contributed by atoms with Crippen molar-refractivity contribution in [2.75, 3.05) is 5.73 Å². The van der Waals surface area contributed by atoms with E-state index in [9.17, 15) is 8.42 Å². The van der Waals surface area contributed by atoms with Gasteiger partial charge in [0.1, 0.15) is 4.90 Å². The van der Waals surface area contributed by atoms with Crippen molar-refractivity contribution in [1.29, 1.82) is 0 Å². The van der Waals surface area contributed by atoms with Crippen LogP contribution in [-0.4, -0.2) is 14.5 Å². The summed E-state index contributed by atoms with van der Waals surface area (Å²) in [6.07, 6.45) is 0. The van der Waals surface area contributed by atoms with Gasteiger partial charge in [-0.25, -0.2) is 13.1 Å². The van der Waals surface area contributed by atoms with Gasteiger partial charge in [0.15, 0.2) is 0 Å². The van der Waals surface area contributed by atoms with Gasteiger partial charge in [0.2, 0.25) is 10.0 Å². The van der Waals surface area contributed by atoms with Crippen LogP contribution < -0.4 is 10.5 Å². The summed E-state index contributed by atoms with van der Waals surface area (Å²) in [6, 6.07) is 4.19. The monoisotopic (exact) mass is 276 g/mol. The van der Waals surface area contributed by atoms with Crippen molar-refractivity contribution < 1.29 is 8.42 Å². The van der Waals surface area contributed by atoms with E-state index in [0.29, 0.717) is 5.02 Å². The number of sulfonamides is 1. The number of rotatable bonds is 4. The average molecular weight is 277 g/mol. The van der Waals surface area contributed by atoms with Crippen molar-refractivity contribution in [3.8, 4) is 0 Å². The van der Waals surface area contributed by atoms with E-state index < -0.39 is 10.0 Å². The van der Waals surface area contributed by atoms with E-state index in [-0.39, 0.29) is 22.5 Å². The summed E-state index contributed by atoms with van der Waals surface area (Å²) in [7, 11) is -3.59. The topological polar surface area (TPSA) is 72.2 Å². The van der Waals surface area contributed by atoms with Gasteiger partial charge in [0, 0.05) is 11.1 Å². The zero-order chi connectivity index (χ0) is 13.2. The molecule has 1 aromatic carbocycles. The van der Waals surface area contributed by atoms with Crippen LogP contribution in [-0.2, 0) is 10.0 Å². The lowest BCUT2D eigenvalue weighted by Crippen LogP contribution is -2.36. The highest BCUT2D eigenvalue weighted by molar-refractivity contribution is 7.89. The fraction of sp³-hybridized carbons (Fsp3) is 0.455. The minimum absolute atomic E-state index is 0.0643. The fourth-order valence-corrected chi connectivity index (χ4v) is 2.89. The summed E-state index contributed by atoms with van der Waals surface area (Å²) >= 11 is 5.73. The molecule has 17 heavy (non-hydrogen) atoms. The van der Waals surface area contributed by atoms with E-state index in [1.165, 1.54) is 18.2 Å². The second kappa shape index (κ2) is 5.25. The second-order valence-electron chi connectivity index (χ2n) is 4.34. The Balaban J connectivity index is 3.06. The molecule has 0 radical (unpaired) electrons. The van der Waals surface area contributed by atoms with Gasteiger partial charge in [-0.2, -0.15) is 0 Å². The number of nitrogens with one attached hydrogen (secondary N) is 1. The molecule has 1 rings (SSSR count). The molecule has 0 aromatic heterocycles. The van der Waals surface area contributed by atoms with E-state index in [1.54, 1.807) is 0 Å². The van der Waals surface area contributed by atoms with Crippen LogP contribution in [0.1, 0.15) is 20.8 Å². The van der Waals surface area contributed by atoms with Crippen molar-refractivity contribution in [1.82, 2.24) is 4.72 Å². The number of benzene rings is 1. The first kappa shape index (κ1) is 14.3. The zero-order valence-electron chi connectivity index (χ0n) is 10.1. The lowest BCUT2D eigenvalue weighted by molar-refractivity contribution is 0.476. The molecule has 0 aliphatic heterocycles. The summed E-state index contributed by atoms with van der Waals surface area (Å²) in [5.41, 5.74) is 5.81. The quantitative estimate of drug-likeness (QED) is 0.829. The Bertz CT molecular complexity index is 500. The molecule has 0 saturated heterocycles. The number of anilines is 1. The third-order valence-electron chi connectivity index (χ3n) is 2.60. The van der Waals surface area contributed by atoms with Crippen LogP contribution in [0.15, 0.2) is 23.1 Å². The van der Waals surface area contributed by atoms with Gasteiger partial charge in [0.25, 0.3) is 0 Å². The molecule has 0 amide bonds. The van der Waals surface area contributed by atoms with Gasteiger partial charge in [-0.15, -0.1) is 0 Å². The standard InChI is InChI=1S/C11H17ClN2O2S/c1-7(2)8(3)14-17(15,16)11-5-4-9(12)6-10(11)13/h4-8,14H,13H2,1-3H3. The number of hydrogen-bond donors (Lipinski definition) is 2. The van der Waals surface area contributed by atoms with E-state index in [0.717, 1.165) is 0 Å². The third kappa shape index (κ3) is 3.59. The number of nitrogens with two attached hydrogens (primary N) is 1. The van der Waals surface area contributed by atoms with Crippen LogP contribution in [0, 0.1) is 5.92 Å². The molecule has 96 valence electrons. The van der Waals surface area contributed by atoms with Gasteiger partial charge in [-0.05, 0) is 31.0 Å². The maximum absolute atomic E-state index is 12.0. The Hall–Kier alpha value is -0.780. The molecule has 0 spiro atoms. The van der Waals surface area contributed by atoms with Crippen LogP contribution in [0.2, 0.25) is 5.02 Å². The van der Waals surface area contributed by atoms with Crippen LogP contribution >= 0.6 is 11.6 Å². The first-order valence-electron chi connectivity index (χ1n) is 5.31. The van der Waals surface area contributed by atoms with Gasteiger partial charge in [-0.1, -0.05) is 25.4 Å². The van der Waals surface area contributed by atoms with Gasteiger partial charge >= 0.3 is 0 Å². The Labute approximate surface area is 107 Å². The number of hydrogen-bond acceptors (Lipinski definition) is 3. The smallest absolute Gasteiger partial charge is 0.242 e. The minimum Gasteiger partial charge on any atom is -0.398 e. The Morgan fingerprint density at radius 1 is 1.29 bits per heavy atom. The van der Waals surface area contributed by atoms with Gasteiger partial charge < -0.3 is 5.73 Å². The molecule has 1 atom stereocenters. The molecule has 4 nitrogen and oxygen atoms in total. The number of halogens is 1. The van der Waals surface area contributed by atoms with Crippen molar-refractivity contribution in [2.45, 2.75) is 31.7 Å². The molecule has 0 aliphatic rings. The SMILES string of the molecule is CC(C)C(C)NS(=O)(=O)c1ccc(Cl)cc1N. The van der Waals surface area contributed by atoms with Gasteiger partial charge in [-0.3, -0.25) is 0 Å². The first-order valence-corrected chi connectivity index (χ1v) is 7.17. The Morgan fingerprint density at radius 2 is 1.88 bits per heavy atom. The Morgan fingerprint density at radius 3 is 2.35 bits per heavy atom. The predicted octanol–water partition coefficient (Wildman–Crippen LogP) is 2.25. The molecule has 0 fully saturated rings. The second-order valence-corrected chi connectivity index (χ2v) is 6.45. The summed E-state index contributed by atoms with van der Waals surface area (Å²) in [4.78, 5) is 0.0643. The molecular weight excluding hydrogens is 260 g/mol. The minimum atomic E-state index is -3.59. The van der Waals surface area contributed by atoms with E-state index in [1.807, 2.05) is 20.8 Å². The molecule has 1 unspecified atom stereocenters. The Kier molecular flexibility index (Phi) is 4.41. The number of nitrogen functional groups attached to an aromatic ring is 1. The van der Waals surface area contributed by atoms with Crippen molar-refractivity contribution in [3.05, 3.63) is 23.2 Å².